The van der Waals surface area contributed by atoms with E-state index in [4.69, 9.17) is 14.7 Å². The van der Waals surface area contributed by atoms with Gasteiger partial charge in [-0.2, -0.15) is 15.4 Å². The van der Waals surface area contributed by atoms with Crippen molar-refractivity contribution in [3.05, 3.63) is 120 Å². The zero-order valence-electron chi connectivity index (χ0n) is 34.2. The number of aromatic amines is 3. The number of carbonyl (C=O) groups excluding carboxylic acids is 3. The summed E-state index contributed by atoms with van der Waals surface area (Å²) in [7, 11) is 1.27. The Morgan fingerprint density at radius 1 is 0.750 bits per heavy atom. The number of ether oxygens (including phenoxy) is 1. The third kappa shape index (κ3) is 8.43. The Labute approximate surface area is 349 Å². The summed E-state index contributed by atoms with van der Waals surface area (Å²) in [5.41, 5.74) is 7.47. The van der Waals surface area contributed by atoms with Crippen LogP contribution in [0.5, 0.6) is 0 Å². The highest BCUT2D eigenvalue weighted by Crippen LogP contribution is 2.36. The first-order valence-corrected chi connectivity index (χ1v) is 20.7. The number of alkyl carbamates (subject to hydrolysis) is 1. The summed E-state index contributed by atoms with van der Waals surface area (Å²) in [4.78, 5) is 62.7. The zero-order valence-corrected chi connectivity index (χ0v) is 34.2. The summed E-state index contributed by atoms with van der Waals surface area (Å²) in [5, 5.41) is 13.1. The molecule has 2 aliphatic heterocycles. The molecular formula is C45H51N11O4. The van der Waals surface area contributed by atoms with Crippen LogP contribution in [-0.4, -0.2) is 107 Å². The number of benzene rings is 3. The number of hydrogen-bond acceptors (Lipinski definition) is 9. The van der Waals surface area contributed by atoms with Gasteiger partial charge >= 0.3 is 6.09 Å². The Balaban J connectivity index is 0.924. The number of H-pyrrole nitrogens is 3. The largest absolute Gasteiger partial charge is 0.453 e. The molecule has 60 heavy (non-hydrogen) atoms. The lowest BCUT2D eigenvalue weighted by molar-refractivity contribution is -0.138. The highest BCUT2D eigenvalue weighted by molar-refractivity contribution is 5.86. The predicted octanol–water partition coefficient (Wildman–Crippen LogP) is 6.63. The van der Waals surface area contributed by atoms with E-state index >= 15 is 0 Å². The first-order chi connectivity index (χ1) is 29.3. The molecule has 0 bridgehead atoms. The maximum atomic E-state index is 14.2. The smallest absolute Gasteiger partial charge is 0.407 e. The second-order valence-electron chi connectivity index (χ2n) is 15.3. The van der Waals surface area contributed by atoms with Crippen molar-refractivity contribution in [3.8, 4) is 33.6 Å². The van der Waals surface area contributed by atoms with Crippen molar-refractivity contribution in [2.24, 2.45) is 0 Å². The Bertz CT molecular complexity index is 2360. The molecule has 6 aromatic rings. The van der Waals surface area contributed by atoms with Gasteiger partial charge in [-0.15, -0.1) is 0 Å². The molecule has 8 rings (SSSR count). The molecule has 2 aliphatic rings. The molecule has 0 saturated carbocycles. The van der Waals surface area contributed by atoms with Gasteiger partial charge in [0.05, 0.1) is 54.9 Å². The molecule has 15 nitrogen and oxygen atoms in total. The minimum Gasteiger partial charge on any atom is -0.453 e. The summed E-state index contributed by atoms with van der Waals surface area (Å²) in [6, 6.07) is 25.2. The average molecular weight is 810 g/mol. The first-order valence-electron chi connectivity index (χ1n) is 20.7. The maximum absolute atomic E-state index is 14.2. The number of methoxy groups -OCH3 is 1. The van der Waals surface area contributed by atoms with Crippen LogP contribution in [0.1, 0.15) is 80.6 Å². The van der Waals surface area contributed by atoms with Crippen LogP contribution >= 0.6 is 0 Å². The topological polar surface area (TPSA) is 181 Å². The fourth-order valence-electron chi connectivity index (χ4n) is 8.64. The van der Waals surface area contributed by atoms with E-state index in [1.54, 1.807) is 11.1 Å². The molecule has 0 unspecified atom stereocenters. The molecule has 2 fully saturated rings. The summed E-state index contributed by atoms with van der Waals surface area (Å²) in [5.74, 6) is 1.40. The number of likely N-dealkylation sites (N-methyl/N-ethyl adjacent to an activating group) is 1. The van der Waals surface area contributed by atoms with Crippen molar-refractivity contribution >= 4 is 17.9 Å². The number of amides is 3. The number of nitrogens with zero attached hydrogens (tertiary/aromatic N) is 7. The van der Waals surface area contributed by atoms with E-state index in [0.29, 0.717) is 24.6 Å². The van der Waals surface area contributed by atoms with Gasteiger partial charge < -0.3 is 29.8 Å². The van der Waals surface area contributed by atoms with Crippen LogP contribution < -0.4 is 5.32 Å². The lowest BCUT2D eigenvalue weighted by Gasteiger charge is -2.34. The first kappa shape index (κ1) is 40.2. The van der Waals surface area contributed by atoms with Gasteiger partial charge in [0, 0.05) is 19.5 Å². The zero-order chi connectivity index (χ0) is 41.6. The van der Waals surface area contributed by atoms with E-state index in [9.17, 15) is 14.4 Å². The van der Waals surface area contributed by atoms with Crippen LogP contribution in [0.3, 0.4) is 0 Å². The number of hydrogen-bond donors (Lipinski definition) is 4. The van der Waals surface area contributed by atoms with E-state index < -0.39 is 12.1 Å². The molecule has 0 radical (unpaired) electrons. The summed E-state index contributed by atoms with van der Waals surface area (Å²) in [6.07, 6.45) is 8.04. The molecule has 4 N–H and O–H groups in total. The third-order valence-electron chi connectivity index (χ3n) is 11.8. The van der Waals surface area contributed by atoms with Crippen molar-refractivity contribution in [2.75, 3.05) is 33.3 Å². The van der Waals surface area contributed by atoms with E-state index in [1.807, 2.05) is 29.3 Å². The van der Waals surface area contributed by atoms with Gasteiger partial charge in [-0.3, -0.25) is 14.5 Å². The van der Waals surface area contributed by atoms with Crippen LogP contribution in [-0.2, 0) is 20.7 Å². The van der Waals surface area contributed by atoms with Crippen LogP contribution in [0, 0.1) is 0 Å². The molecule has 4 atom stereocenters. The fraction of sp³-hybridized carbons (Fsp3) is 0.356. The van der Waals surface area contributed by atoms with E-state index in [-0.39, 0.29) is 36.4 Å². The van der Waals surface area contributed by atoms with Gasteiger partial charge in [0.15, 0.2) is 0 Å². The second-order valence-corrected chi connectivity index (χ2v) is 15.3. The van der Waals surface area contributed by atoms with Crippen molar-refractivity contribution in [3.63, 3.8) is 0 Å². The monoisotopic (exact) mass is 809 g/mol. The van der Waals surface area contributed by atoms with Crippen LogP contribution in [0.4, 0.5) is 4.79 Å². The minimum atomic E-state index is -0.868. The Kier molecular flexibility index (Phi) is 12.1. The van der Waals surface area contributed by atoms with Gasteiger partial charge in [-0.05, 0) is 66.6 Å². The number of nitrogens with one attached hydrogen (secondary N) is 4. The van der Waals surface area contributed by atoms with Crippen molar-refractivity contribution in [1.29, 1.82) is 0 Å². The number of imidazole rings is 2. The second kappa shape index (κ2) is 18.1. The van der Waals surface area contributed by atoms with Crippen molar-refractivity contribution in [1.82, 2.24) is 55.4 Å². The number of aromatic nitrogens is 7. The lowest BCUT2D eigenvalue weighted by atomic mass is 10.0. The predicted molar refractivity (Wildman–Crippen MR) is 226 cm³/mol. The van der Waals surface area contributed by atoms with E-state index in [1.165, 1.54) is 13.3 Å². The SMILES string of the molecule is CCN(CC)[C@@H](C(=O)N1CCC[C@H]1c1ncc(-c2ccc(-c3ccc(-c4cnc([C@@H]5CCCN5C(=O)[C@H](Cc5cn[nH]n5)NC(=O)OC)[nH]4)cc3)cc2)[nH]1)c1ccccc1. The molecule has 15 heteroatoms. The number of likely N-dealkylation sites (tertiary alicyclic amines) is 2. The summed E-state index contributed by atoms with van der Waals surface area (Å²) >= 11 is 0. The van der Waals surface area contributed by atoms with Crippen molar-refractivity contribution in [2.45, 2.75) is 70.1 Å². The van der Waals surface area contributed by atoms with Gasteiger partial charge in [-0.1, -0.05) is 92.7 Å². The lowest BCUT2D eigenvalue weighted by Crippen LogP contribution is -2.49. The highest BCUT2D eigenvalue weighted by Gasteiger charge is 2.39. The number of rotatable bonds is 14. The molecule has 0 spiro atoms. The standard InChI is InChI=1S/C45H51N11O4/c1-4-54(5-2)40(33-11-7-6-8-12-33)44(58)56-24-10-14-39(56)42-47-28-37(50-42)32-21-17-30(18-22-32)29-15-19-31(20-16-29)36-27-46-41(49-36)38-13-9-23-55(38)43(57)35(51-45(59)60-3)25-34-26-48-53-52-34/h6-8,11-12,15-22,26-28,35,38-40H,4-5,9-10,13-14,23-25H2,1-3H3,(H,46,49)(H,47,50)(H,51,59)(H,48,52,53)/t35-,38-,39-,40+/m0/s1. The third-order valence-corrected chi connectivity index (χ3v) is 11.8. The Morgan fingerprint density at radius 3 is 1.78 bits per heavy atom. The molecule has 3 aromatic heterocycles. The molecule has 310 valence electrons. The van der Waals surface area contributed by atoms with Crippen LogP contribution in [0.25, 0.3) is 33.6 Å². The number of carbonyl (C=O) groups is 3. The molecule has 3 aromatic carbocycles. The van der Waals surface area contributed by atoms with Gasteiger partial charge in [0.2, 0.25) is 11.8 Å². The maximum Gasteiger partial charge on any atom is 0.407 e. The molecular weight excluding hydrogens is 759 g/mol. The molecule has 5 heterocycles. The average Bonchev–Trinajstić information content (AvgIpc) is 4.15. The van der Waals surface area contributed by atoms with Crippen molar-refractivity contribution < 1.29 is 19.1 Å². The van der Waals surface area contributed by atoms with Gasteiger partial charge in [-0.25, -0.2) is 14.8 Å². The summed E-state index contributed by atoms with van der Waals surface area (Å²) < 4.78 is 4.79. The fourth-order valence-corrected chi connectivity index (χ4v) is 8.64. The Hall–Kier alpha value is -6.61. The minimum absolute atomic E-state index is 0.102. The molecule has 2 saturated heterocycles. The highest BCUT2D eigenvalue weighted by atomic mass is 16.5. The summed E-state index contributed by atoms with van der Waals surface area (Å²) in [6.45, 7) is 7.04. The van der Waals surface area contributed by atoms with Crippen LogP contribution in [0.2, 0.25) is 0 Å². The van der Waals surface area contributed by atoms with E-state index in [2.05, 4.69) is 110 Å². The van der Waals surface area contributed by atoms with Gasteiger partial charge in [0.25, 0.3) is 0 Å². The molecule has 3 amide bonds. The Morgan fingerprint density at radius 2 is 1.28 bits per heavy atom. The van der Waals surface area contributed by atoms with E-state index in [0.717, 1.165) is 83.8 Å². The normalized spacial score (nSPS) is 17.5. The van der Waals surface area contributed by atoms with Gasteiger partial charge in [0.1, 0.15) is 23.7 Å². The van der Waals surface area contributed by atoms with Crippen LogP contribution in [0.15, 0.2) is 97.5 Å². The quantitative estimate of drug-likeness (QED) is 0.0940. The molecule has 0 aliphatic carbocycles.